The van der Waals surface area contributed by atoms with E-state index in [0.29, 0.717) is 16.6 Å². The van der Waals surface area contributed by atoms with Crippen molar-refractivity contribution in [3.63, 3.8) is 0 Å². The Kier molecular flexibility index (Phi) is 2.76. The third kappa shape index (κ3) is 2.33. The Bertz CT molecular complexity index is 781. The van der Waals surface area contributed by atoms with Gasteiger partial charge in [0.25, 0.3) is 5.56 Å². The molecule has 1 heterocycles. The van der Waals surface area contributed by atoms with Gasteiger partial charge < -0.3 is 10.3 Å². The van der Waals surface area contributed by atoms with Crippen molar-refractivity contribution < 1.29 is 4.39 Å². The van der Waals surface area contributed by atoms with Crippen LogP contribution in [0.2, 0.25) is 0 Å². The molecule has 0 radical (unpaired) electrons. The van der Waals surface area contributed by atoms with Crippen LogP contribution in [0.1, 0.15) is 0 Å². The lowest BCUT2D eigenvalue weighted by molar-refractivity contribution is 0.629. The van der Waals surface area contributed by atoms with Crippen molar-refractivity contribution in [2.45, 2.75) is 0 Å². The number of H-pyrrole nitrogens is 1. The highest BCUT2D eigenvalue weighted by Gasteiger charge is 2.04. The van der Waals surface area contributed by atoms with Crippen LogP contribution in [0.25, 0.3) is 10.9 Å². The predicted molar refractivity (Wildman–Crippen MR) is 74.3 cm³/mol. The molecule has 3 aromatic rings. The van der Waals surface area contributed by atoms with E-state index in [2.05, 4.69) is 10.3 Å². The lowest BCUT2D eigenvalue weighted by Crippen LogP contribution is -2.11. The molecule has 94 valence electrons. The van der Waals surface area contributed by atoms with Gasteiger partial charge in [0.1, 0.15) is 11.5 Å². The van der Waals surface area contributed by atoms with Gasteiger partial charge in [0.2, 0.25) is 0 Å². The summed E-state index contributed by atoms with van der Waals surface area (Å²) in [5.41, 5.74) is 1.58. The van der Waals surface area contributed by atoms with Gasteiger partial charge in [-0.25, -0.2) is 4.39 Å². The third-order valence-corrected chi connectivity index (χ3v) is 2.86. The fourth-order valence-electron chi connectivity index (χ4n) is 1.95. The van der Waals surface area contributed by atoms with Crippen LogP contribution >= 0.6 is 0 Å². The molecule has 0 saturated carbocycles. The summed E-state index contributed by atoms with van der Waals surface area (Å²) in [6.45, 7) is 0. The summed E-state index contributed by atoms with van der Waals surface area (Å²) in [6, 6.07) is 15.3. The number of aromatic amines is 1. The van der Waals surface area contributed by atoms with E-state index >= 15 is 0 Å². The van der Waals surface area contributed by atoms with E-state index in [9.17, 15) is 9.18 Å². The Morgan fingerprint density at radius 2 is 1.79 bits per heavy atom. The van der Waals surface area contributed by atoms with Crippen molar-refractivity contribution in [3.8, 4) is 0 Å². The maximum Gasteiger partial charge on any atom is 0.272 e. The van der Waals surface area contributed by atoms with Crippen LogP contribution in [0.3, 0.4) is 0 Å². The standard InChI is InChI=1S/C15H11FN2O/c16-11-6-7-13-10(8-11)9-14(15(19)18-13)17-12-4-2-1-3-5-12/h1-9,17H,(H,18,19). The number of hydrogen-bond donors (Lipinski definition) is 2. The molecule has 0 aliphatic carbocycles. The van der Waals surface area contributed by atoms with Crippen LogP contribution in [-0.2, 0) is 0 Å². The van der Waals surface area contributed by atoms with E-state index in [4.69, 9.17) is 0 Å². The molecule has 0 saturated heterocycles. The van der Waals surface area contributed by atoms with Crippen LogP contribution in [0.5, 0.6) is 0 Å². The molecule has 19 heavy (non-hydrogen) atoms. The first-order chi connectivity index (χ1) is 9.22. The number of fused-ring (bicyclic) bond motifs is 1. The minimum Gasteiger partial charge on any atom is -0.351 e. The van der Waals surface area contributed by atoms with Gasteiger partial charge in [0.15, 0.2) is 0 Å². The summed E-state index contributed by atoms with van der Waals surface area (Å²) in [4.78, 5) is 14.6. The summed E-state index contributed by atoms with van der Waals surface area (Å²) >= 11 is 0. The summed E-state index contributed by atoms with van der Waals surface area (Å²) in [5, 5.41) is 3.67. The van der Waals surface area contributed by atoms with Gasteiger partial charge in [-0.2, -0.15) is 0 Å². The number of para-hydroxylation sites is 1. The first-order valence-corrected chi connectivity index (χ1v) is 5.87. The van der Waals surface area contributed by atoms with Crippen molar-refractivity contribution >= 4 is 22.3 Å². The molecule has 0 amide bonds. The normalized spacial score (nSPS) is 10.6. The second-order valence-corrected chi connectivity index (χ2v) is 4.23. The van der Waals surface area contributed by atoms with E-state index in [1.807, 2.05) is 30.3 Å². The molecule has 0 aliphatic rings. The Morgan fingerprint density at radius 1 is 1.00 bits per heavy atom. The van der Waals surface area contributed by atoms with E-state index < -0.39 is 0 Å². The molecule has 0 unspecified atom stereocenters. The number of hydrogen-bond acceptors (Lipinski definition) is 2. The number of nitrogens with one attached hydrogen (secondary N) is 2. The lowest BCUT2D eigenvalue weighted by atomic mass is 10.2. The Balaban J connectivity index is 2.08. The highest BCUT2D eigenvalue weighted by molar-refractivity contribution is 5.82. The Morgan fingerprint density at radius 3 is 2.58 bits per heavy atom. The zero-order valence-electron chi connectivity index (χ0n) is 9.98. The topological polar surface area (TPSA) is 44.9 Å². The molecule has 1 aromatic heterocycles. The summed E-state index contributed by atoms with van der Waals surface area (Å²) in [5.74, 6) is -0.329. The zero-order chi connectivity index (χ0) is 13.2. The van der Waals surface area contributed by atoms with Gasteiger partial charge in [-0.1, -0.05) is 18.2 Å². The quantitative estimate of drug-likeness (QED) is 0.736. The fraction of sp³-hybridized carbons (Fsp3) is 0. The molecule has 0 atom stereocenters. The van der Waals surface area contributed by atoms with Crippen LogP contribution in [0, 0.1) is 5.82 Å². The van der Waals surface area contributed by atoms with Gasteiger partial charge in [-0.3, -0.25) is 4.79 Å². The molecular formula is C15H11FN2O. The lowest BCUT2D eigenvalue weighted by Gasteiger charge is -2.06. The number of anilines is 2. The molecule has 2 N–H and O–H groups in total. The molecule has 0 aliphatic heterocycles. The van der Waals surface area contributed by atoms with Crippen molar-refractivity contribution in [2.24, 2.45) is 0 Å². The molecule has 3 rings (SSSR count). The summed E-state index contributed by atoms with van der Waals surface area (Å²) in [6.07, 6.45) is 0. The fourth-order valence-corrected chi connectivity index (χ4v) is 1.95. The summed E-state index contributed by atoms with van der Waals surface area (Å²) in [7, 11) is 0. The van der Waals surface area contributed by atoms with E-state index in [1.54, 1.807) is 12.1 Å². The van der Waals surface area contributed by atoms with Crippen molar-refractivity contribution in [1.82, 2.24) is 4.98 Å². The molecule has 2 aromatic carbocycles. The van der Waals surface area contributed by atoms with Crippen LogP contribution in [0.15, 0.2) is 59.4 Å². The van der Waals surface area contributed by atoms with Gasteiger partial charge in [0.05, 0.1) is 0 Å². The average Bonchev–Trinajstić information content (AvgIpc) is 2.41. The third-order valence-electron chi connectivity index (χ3n) is 2.86. The second-order valence-electron chi connectivity index (χ2n) is 4.23. The van der Waals surface area contributed by atoms with Gasteiger partial charge >= 0.3 is 0 Å². The molecule has 0 bridgehead atoms. The largest absolute Gasteiger partial charge is 0.351 e. The Labute approximate surface area is 108 Å². The predicted octanol–water partition coefficient (Wildman–Crippen LogP) is 3.41. The maximum absolute atomic E-state index is 13.2. The SMILES string of the molecule is O=c1[nH]c2ccc(F)cc2cc1Nc1ccccc1. The number of aromatic nitrogens is 1. The monoisotopic (exact) mass is 254 g/mol. The number of halogens is 1. The van der Waals surface area contributed by atoms with Gasteiger partial charge in [-0.05, 0) is 36.4 Å². The smallest absolute Gasteiger partial charge is 0.272 e. The van der Waals surface area contributed by atoms with E-state index in [0.717, 1.165) is 5.69 Å². The first-order valence-electron chi connectivity index (χ1n) is 5.87. The highest BCUT2D eigenvalue weighted by atomic mass is 19.1. The number of pyridine rings is 1. The minimum absolute atomic E-state index is 0.233. The molecule has 0 fully saturated rings. The van der Waals surface area contributed by atoms with Crippen LogP contribution in [0.4, 0.5) is 15.8 Å². The molecular weight excluding hydrogens is 243 g/mol. The van der Waals surface area contributed by atoms with Crippen molar-refractivity contribution in [3.05, 3.63) is 70.8 Å². The zero-order valence-corrected chi connectivity index (χ0v) is 9.98. The molecule has 4 heteroatoms. The number of benzene rings is 2. The first kappa shape index (κ1) is 11.5. The van der Waals surface area contributed by atoms with E-state index in [-0.39, 0.29) is 11.4 Å². The van der Waals surface area contributed by atoms with Gasteiger partial charge in [-0.15, -0.1) is 0 Å². The molecule has 0 spiro atoms. The number of rotatable bonds is 2. The van der Waals surface area contributed by atoms with Gasteiger partial charge in [0, 0.05) is 16.6 Å². The van der Waals surface area contributed by atoms with Crippen LogP contribution in [-0.4, -0.2) is 4.98 Å². The summed E-state index contributed by atoms with van der Waals surface area (Å²) < 4.78 is 13.2. The molecule has 3 nitrogen and oxygen atoms in total. The maximum atomic E-state index is 13.2. The Hall–Kier alpha value is -2.62. The minimum atomic E-state index is -0.329. The van der Waals surface area contributed by atoms with E-state index in [1.165, 1.54) is 12.1 Å². The van der Waals surface area contributed by atoms with Crippen LogP contribution < -0.4 is 10.9 Å². The van der Waals surface area contributed by atoms with Crippen molar-refractivity contribution in [1.29, 1.82) is 0 Å². The van der Waals surface area contributed by atoms with Crippen molar-refractivity contribution in [2.75, 3.05) is 5.32 Å². The average molecular weight is 254 g/mol. The highest BCUT2D eigenvalue weighted by Crippen LogP contribution is 2.18. The second kappa shape index (κ2) is 4.57.